The van der Waals surface area contributed by atoms with Gasteiger partial charge in [-0.3, -0.25) is 4.79 Å². The molecule has 1 fully saturated rings. The third kappa shape index (κ3) is 2.51. The second kappa shape index (κ2) is 4.73. The number of benzene rings is 1. The fourth-order valence-corrected chi connectivity index (χ4v) is 2.09. The maximum atomic E-state index is 13.1. The second-order valence-electron chi connectivity index (χ2n) is 4.51. The summed E-state index contributed by atoms with van der Waals surface area (Å²) in [5.41, 5.74) is -2.26. The van der Waals surface area contributed by atoms with E-state index in [1.165, 1.54) is 24.3 Å². The van der Waals surface area contributed by atoms with Crippen molar-refractivity contribution in [3.05, 3.63) is 24.3 Å². The van der Waals surface area contributed by atoms with Gasteiger partial charge in [-0.25, -0.2) is 0 Å². The first-order valence-electron chi connectivity index (χ1n) is 5.73. The van der Waals surface area contributed by atoms with Crippen LogP contribution in [-0.2, 0) is 4.79 Å². The zero-order valence-corrected chi connectivity index (χ0v) is 9.92. The minimum Gasteiger partial charge on any atom is -0.508 e. The lowest BCUT2D eigenvalue weighted by Crippen LogP contribution is -2.49. The Morgan fingerprint density at radius 1 is 1.42 bits per heavy atom. The van der Waals surface area contributed by atoms with Crippen LogP contribution in [0, 0.1) is 5.41 Å². The summed E-state index contributed by atoms with van der Waals surface area (Å²) >= 11 is 0. The van der Waals surface area contributed by atoms with E-state index in [9.17, 15) is 23.1 Å². The van der Waals surface area contributed by atoms with Gasteiger partial charge in [0.15, 0.2) is 5.41 Å². The van der Waals surface area contributed by atoms with E-state index in [4.69, 9.17) is 0 Å². The molecule has 1 saturated heterocycles. The predicted octanol–water partition coefficient (Wildman–Crippen LogP) is 1.87. The van der Waals surface area contributed by atoms with Gasteiger partial charge in [0.2, 0.25) is 5.91 Å². The lowest BCUT2D eigenvalue weighted by molar-refractivity contribution is -0.213. The summed E-state index contributed by atoms with van der Waals surface area (Å²) in [5.74, 6) is -1.22. The number of anilines is 1. The quantitative estimate of drug-likeness (QED) is 0.771. The van der Waals surface area contributed by atoms with E-state index in [2.05, 4.69) is 10.6 Å². The van der Waals surface area contributed by atoms with Gasteiger partial charge in [-0.1, -0.05) is 6.07 Å². The van der Waals surface area contributed by atoms with Gasteiger partial charge in [-0.15, -0.1) is 0 Å². The molecule has 1 aliphatic heterocycles. The van der Waals surface area contributed by atoms with Crippen molar-refractivity contribution < 1.29 is 23.1 Å². The number of phenols is 1. The van der Waals surface area contributed by atoms with Crippen LogP contribution in [0.2, 0.25) is 0 Å². The highest BCUT2D eigenvalue weighted by molar-refractivity contribution is 5.96. The molecular formula is C12H13F3N2O2. The fraction of sp³-hybridized carbons (Fsp3) is 0.417. The smallest absolute Gasteiger partial charge is 0.404 e. The molecule has 1 amide bonds. The van der Waals surface area contributed by atoms with E-state index in [-0.39, 0.29) is 24.4 Å². The third-order valence-electron chi connectivity index (χ3n) is 3.24. The Labute approximate surface area is 107 Å². The van der Waals surface area contributed by atoms with E-state index < -0.39 is 24.0 Å². The molecule has 1 heterocycles. The number of carbonyl (C=O) groups is 1. The minimum atomic E-state index is -4.61. The van der Waals surface area contributed by atoms with Crippen molar-refractivity contribution in [1.29, 1.82) is 0 Å². The molecule has 0 radical (unpaired) electrons. The molecule has 1 aromatic carbocycles. The van der Waals surface area contributed by atoms with Crippen molar-refractivity contribution in [2.45, 2.75) is 12.6 Å². The topological polar surface area (TPSA) is 61.4 Å². The molecule has 104 valence electrons. The van der Waals surface area contributed by atoms with Gasteiger partial charge >= 0.3 is 6.18 Å². The lowest BCUT2D eigenvalue weighted by atomic mass is 9.85. The molecule has 0 aromatic heterocycles. The highest BCUT2D eigenvalue weighted by atomic mass is 19.4. The van der Waals surface area contributed by atoms with Crippen LogP contribution in [0.5, 0.6) is 5.75 Å². The SMILES string of the molecule is O=C(Nc1cccc(O)c1)C1(C(F)(F)F)CCNC1. The van der Waals surface area contributed by atoms with Gasteiger partial charge in [-0.05, 0) is 25.1 Å². The Bertz CT molecular complexity index is 482. The Kier molecular flexibility index (Phi) is 3.40. The van der Waals surface area contributed by atoms with Crippen LogP contribution < -0.4 is 10.6 Å². The maximum absolute atomic E-state index is 13.1. The van der Waals surface area contributed by atoms with Crippen molar-refractivity contribution in [2.75, 3.05) is 18.4 Å². The Balaban J connectivity index is 2.22. The second-order valence-corrected chi connectivity index (χ2v) is 4.51. The maximum Gasteiger partial charge on any atom is 0.404 e. The molecule has 0 aliphatic carbocycles. The number of halogens is 3. The number of rotatable bonds is 2. The Morgan fingerprint density at radius 2 is 2.16 bits per heavy atom. The van der Waals surface area contributed by atoms with Crippen LogP contribution in [0.3, 0.4) is 0 Å². The zero-order valence-electron chi connectivity index (χ0n) is 9.92. The van der Waals surface area contributed by atoms with Crippen LogP contribution in [0.4, 0.5) is 18.9 Å². The first-order chi connectivity index (χ1) is 8.85. The van der Waals surface area contributed by atoms with Crippen molar-refractivity contribution in [3.63, 3.8) is 0 Å². The van der Waals surface area contributed by atoms with Crippen molar-refractivity contribution in [2.24, 2.45) is 5.41 Å². The van der Waals surface area contributed by atoms with Crippen LogP contribution in [-0.4, -0.2) is 30.3 Å². The average molecular weight is 274 g/mol. The molecule has 2 rings (SSSR count). The number of amides is 1. The van der Waals surface area contributed by atoms with Gasteiger partial charge in [0, 0.05) is 18.3 Å². The van der Waals surface area contributed by atoms with E-state index in [1.807, 2.05) is 0 Å². The third-order valence-corrected chi connectivity index (χ3v) is 3.24. The normalized spacial score (nSPS) is 23.3. The average Bonchev–Trinajstić information content (AvgIpc) is 2.78. The summed E-state index contributed by atoms with van der Waals surface area (Å²) in [5, 5.41) is 14.0. The summed E-state index contributed by atoms with van der Waals surface area (Å²) in [7, 11) is 0. The van der Waals surface area contributed by atoms with E-state index in [1.54, 1.807) is 0 Å². The van der Waals surface area contributed by atoms with Crippen molar-refractivity contribution in [1.82, 2.24) is 5.32 Å². The first kappa shape index (κ1) is 13.7. The van der Waals surface area contributed by atoms with E-state index >= 15 is 0 Å². The highest BCUT2D eigenvalue weighted by Crippen LogP contribution is 2.43. The molecule has 19 heavy (non-hydrogen) atoms. The number of alkyl halides is 3. The molecule has 0 bridgehead atoms. The van der Waals surface area contributed by atoms with Crippen LogP contribution in [0.1, 0.15) is 6.42 Å². The molecule has 3 N–H and O–H groups in total. The Hall–Kier alpha value is -1.76. The monoisotopic (exact) mass is 274 g/mol. The number of hydrogen-bond donors (Lipinski definition) is 3. The van der Waals surface area contributed by atoms with Crippen molar-refractivity contribution >= 4 is 11.6 Å². The first-order valence-corrected chi connectivity index (χ1v) is 5.73. The minimum absolute atomic E-state index is 0.122. The predicted molar refractivity (Wildman–Crippen MR) is 62.7 cm³/mol. The molecule has 1 aliphatic rings. The zero-order chi connectivity index (χ0) is 14.1. The molecule has 7 heteroatoms. The summed E-state index contributed by atoms with van der Waals surface area (Å²) in [6.45, 7) is -0.284. The summed E-state index contributed by atoms with van der Waals surface area (Å²) in [6.07, 6.45) is -4.90. The lowest BCUT2D eigenvalue weighted by Gasteiger charge is -2.29. The number of aromatic hydroxyl groups is 1. The highest BCUT2D eigenvalue weighted by Gasteiger charge is 2.61. The molecule has 1 atom stereocenters. The summed E-state index contributed by atoms with van der Waals surface area (Å²) < 4.78 is 39.3. The van der Waals surface area contributed by atoms with Crippen LogP contribution in [0.15, 0.2) is 24.3 Å². The summed E-state index contributed by atoms with van der Waals surface area (Å²) in [6, 6.07) is 5.43. The van der Waals surface area contributed by atoms with Gasteiger partial charge in [0.25, 0.3) is 0 Å². The molecule has 1 unspecified atom stereocenters. The van der Waals surface area contributed by atoms with E-state index in [0.29, 0.717) is 0 Å². The van der Waals surface area contributed by atoms with E-state index in [0.717, 1.165) is 0 Å². The van der Waals surface area contributed by atoms with Gasteiger partial charge in [0.05, 0.1) is 0 Å². The molecule has 4 nitrogen and oxygen atoms in total. The van der Waals surface area contributed by atoms with Gasteiger partial charge in [-0.2, -0.15) is 13.2 Å². The molecule has 1 aromatic rings. The van der Waals surface area contributed by atoms with Crippen LogP contribution >= 0.6 is 0 Å². The van der Waals surface area contributed by atoms with Gasteiger partial charge < -0.3 is 15.7 Å². The van der Waals surface area contributed by atoms with Crippen LogP contribution in [0.25, 0.3) is 0 Å². The fourth-order valence-electron chi connectivity index (χ4n) is 2.09. The molecule has 0 spiro atoms. The van der Waals surface area contributed by atoms with Crippen molar-refractivity contribution in [3.8, 4) is 5.75 Å². The molecular weight excluding hydrogens is 261 g/mol. The number of nitrogens with one attached hydrogen (secondary N) is 2. The van der Waals surface area contributed by atoms with Gasteiger partial charge in [0.1, 0.15) is 5.75 Å². The summed E-state index contributed by atoms with van der Waals surface area (Å²) in [4.78, 5) is 11.9. The standard InChI is InChI=1S/C12H13F3N2O2/c13-12(14,15)11(4-5-16-7-11)10(19)17-8-2-1-3-9(18)6-8/h1-3,6,16,18H,4-5,7H2,(H,17,19). The number of carbonyl (C=O) groups excluding carboxylic acids is 1. The number of phenolic OH excluding ortho intramolecular Hbond substituents is 1. The number of hydrogen-bond acceptors (Lipinski definition) is 3. The Morgan fingerprint density at radius 3 is 2.68 bits per heavy atom. The largest absolute Gasteiger partial charge is 0.508 e. The molecule has 0 saturated carbocycles.